The van der Waals surface area contributed by atoms with E-state index in [1.807, 2.05) is 12.1 Å². The topological polar surface area (TPSA) is 70.4 Å². The molecule has 1 atom stereocenters. The number of carbonyl (C=O) groups is 2. The number of thiophene rings is 1. The summed E-state index contributed by atoms with van der Waals surface area (Å²) in [6, 6.07) is 14.1. The molecule has 2 aromatic rings. The maximum atomic E-state index is 12.6. The van der Waals surface area contributed by atoms with Crippen LogP contribution >= 0.6 is 22.9 Å². The van der Waals surface area contributed by atoms with Crippen LogP contribution in [0.5, 0.6) is 0 Å². The Kier molecular flexibility index (Phi) is 6.36. The minimum Gasteiger partial charge on any atom is -0.448 e. The molecule has 5 nitrogen and oxygen atoms in total. The van der Waals surface area contributed by atoms with E-state index in [2.05, 4.69) is 0 Å². The largest absolute Gasteiger partial charge is 0.448 e. The molecule has 0 spiro atoms. The molecule has 1 aromatic heterocycles. The van der Waals surface area contributed by atoms with E-state index in [1.54, 1.807) is 36.4 Å². The van der Waals surface area contributed by atoms with E-state index in [4.69, 9.17) is 21.6 Å². The predicted octanol–water partition coefficient (Wildman–Crippen LogP) is 3.89. The van der Waals surface area contributed by atoms with Crippen molar-refractivity contribution in [3.05, 3.63) is 51.7 Å². The molecule has 1 aromatic carbocycles. The lowest BCUT2D eigenvalue weighted by molar-refractivity contribution is -0.126. The highest BCUT2D eigenvalue weighted by atomic mass is 35.5. The summed E-state index contributed by atoms with van der Waals surface area (Å²) in [5.41, 5.74) is 0.653. The fourth-order valence-corrected chi connectivity index (χ4v) is 2.97. The van der Waals surface area contributed by atoms with Crippen molar-refractivity contribution >= 4 is 40.5 Å². The van der Waals surface area contributed by atoms with Gasteiger partial charge in [0.25, 0.3) is 5.91 Å². The smallest absolute Gasteiger partial charge is 0.349 e. The summed E-state index contributed by atoms with van der Waals surface area (Å²) in [5, 5.41) is 8.79. The zero-order valence-electron chi connectivity index (χ0n) is 12.9. The van der Waals surface area contributed by atoms with Crippen LogP contribution in [-0.2, 0) is 9.53 Å². The Morgan fingerprint density at radius 1 is 1.29 bits per heavy atom. The number of hydrogen-bond acceptors (Lipinski definition) is 5. The number of halogens is 1. The fraction of sp³-hybridized carbons (Fsp3) is 0.235. The summed E-state index contributed by atoms with van der Waals surface area (Å²) in [6.07, 6.45) is -0.792. The third-order valence-electron chi connectivity index (χ3n) is 3.19. The molecule has 0 bridgehead atoms. The van der Waals surface area contributed by atoms with E-state index in [0.29, 0.717) is 14.9 Å². The Labute approximate surface area is 149 Å². The van der Waals surface area contributed by atoms with Gasteiger partial charge in [0.1, 0.15) is 4.88 Å². The van der Waals surface area contributed by atoms with Gasteiger partial charge in [-0.15, -0.1) is 11.3 Å². The third kappa shape index (κ3) is 4.57. The molecule has 1 amide bonds. The van der Waals surface area contributed by atoms with Crippen molar-refractivity contribution in [1.82, 2.24) is 0 Å². The average molecular weight is 363 g/mol. The minimum atomic E-state index is -0.975. The van der Waals surface area contributed by atoms with Crippen LogP contribution in [0, 0.1) is 11.3 Å². The van der Waals surface area contributed by atoms with Crippen molar-refractivity contribution in [3.63, 3.8) is 0 Å². The number of amides is 1. The maximum absolute atomic E-state index is 12.6. The van der Waals surface area contributed by atoms with Crippen molar-refractivity contribution in [2.45, 2.75) is 19.4 Å². The predicted molar refractivity (Wildman–Crippen MR) is 93.2 cm³/mol. The first-order valence-corrected chi connectivity index (χ1v) is 8.42. The second kappa shape index (κ2) is 8.48. The average Bonchev–Trinajstić information content (AvgIpc) is 3.02. The van der Waals surface area contributed by atoms with E-state index in [-0.39, 0.29) is 18.9 Å². The molecule has 24 heavy (non-hydrogen) atoms. The quantitative estimate of drug-likeness (QED) is 0.731. The molecule has 1 heterocycles. The number of hydrogen-bond donors (Lipinski definition) is 0. The van der Waals surface area contributed by atoms with Gasteiger partial charge in [-0.3, -0.25) is 4.79 Å². The lowest BCUT2D eigenvalue weighted by Gasteiger charge is -2.25. The second-order valence-electron chi connectivity index (χ2n) is 4.88. The van der Waals surface area contributed by atoms with Gasteiger partial charge in [0, 0.05) is 12.2 Å². The number of benzene rings is 1. The Hall–Kier alpha value is -2.36. The zero-order valence-corrected chi connectivity index (χ0v) is 14.5. The van der Waals surface area contributed by atoms with Gasteiger partial charge in [0.2, 0.25) is 0 Å². The van der Waals surface area contributed by atoms with Crippen LogP contribution < -0.4 is 4.90 Å². The second-order valence-corrected chi connectivity index (χ2v) is 6.60. The van der Waals surface area contributed by atoms with Gasteiger partial charge in [-0.2, -0.15) is 5.26 Å². The van der Waals surface area contributed by atoms with E-state index < -0.39 is 12.1 Å². The number of carbonyl (C=O) groups excluding carboxylic acids is 2. The third-order valence-corrected chi connectivity index (χ3v) is 4.40. The summed E-state index contributed by atoms with van der Waals surface area (Å²) in [6.45, 7) is 1.74. The molecule has 0 aliphatic rings. The number of nitriles is 1. The molecule has 0 saturated carbocycles. The molecule has 124 valence electrons. The number of rotatable bonds is 6. The highest BCUT2D eigenvalue weighted by Gasteiger charge is 2.25. The summed E-state index contributed by atoms with van der Waals surface area (Å²) >= 11 is 6.89. The normalized spacial score (nSPS) is 11.4. The summed E-state index contributed by atoms with van der Waals surface area (Å²) in [5.74, 6) is -0.978. The van der Waals surface area contributed by atoms with Crippen LogP contribution in [0.15, 0.2) is 42.5 Å². The Morgan fingerprint density at radius 3 is 2.58 bits per heavy atom. The van der Waals surface area contributed by atoms with Crippen LogP contribution in [0.1, 0.15) is 23.0 Å². The standard InChI is InChI=1S/C17H15ClN2O3S/c1-12(23-17(22)14-8-9-15(18)24-14)16(21)20(11-5-10-19)13-6-3-2-4-7-13/h2-4,6-9,12H,5,11H2,1H3. The minimum absolute atomic E-state index is 0.182. The molecule has 0 saturated heterocycles. The Balaban J connectivity index is 2.10. The molecule has 0 N–H and O–H groups in total. The molecule has 0 radical (unpaired) electrons. The lowest BCUT2D eigenvalue weighted by Crippen LogP contribution is -2.40. The number of esters is 1. The van der Waals surface area contributed by atoms with Gasteiger partial charge in [0.15, 0.2) is 6.10 Å². The highest BCUT2D eigenvalue weighted by molar-refractivity contribution is 7.17. The first kappa shape index (κ1) is 18.0. The summed E-state index contributed by atoms with van der Waals surface area (Å²) in [7, 11) is 0. The van der Waals surface area contributed by atoms with E-state index in [0.717, 1.165) is 11.3 Å². The number of ether oxygens (including phenoxy) is 1. The Bertz CT molecular complexity index is 755. The van der Waals surface area contributed by atoms with Gasteiger partial charge in [-0.1, -0.05) is 29.8 Å². The van der Waals surface area contributed by atoms with E-state index in [1.165, 1.54) is 11.8 Å². The fourth-order valence-electron chi connectivity index (χ4n) is 2.05. The number of anilines is 1. The van der Waals surface area contributed by atoms with Crippen molar-refractivity contribution in [1.29, 1.82) is 5.26 Å². The van der Waals surface area contributed by atoms with E-state index in [9.17, 15) is 9.59 Å². The number of para-hydroxylation sites is 1. The van der Waals surface area contributed by atoms with Gasteiger partial charge < -0.3 is 9.64 Å². The van der Waals surface area contributed by atoms with Crippen molar-refractivity contribution in [2.24, 2.45) is 0 Å². The van der Waals surface area contributed by atoms with Gasteiger partial charge in [-0.25, -0.2) is 4.79 Å². The lowest BCUT2D eigenvalue weighted by atomic mass is 10.2. The molecular weight excluding hydrogens is 348 g/mol. The molecule has 0 aliphatic carbocycles. The zero-order chi connectivity index (χ0) is 17.5. The molecule has 7 heteroatoms. The Morgan fingerprint density at radius 2 is 2.00 bits per heavy atom. The SMILES string of the molecule is CC(OC(=O)c1ccc(Cl)s1)C(=O)N(CCC#N)c1ccccc1. The van der Waals surface area contributed by atoms with Crippen molar-refractivity contribution < 1.29 is 14.3 Å². The van der Waals surface area contributed by atoms with Crippen molar-refractivity contribution in [2.75, 3.05) is 11.4 Å². The maximum Gasteiger partial charge on any atom is 0.349 e. The van der Waals surface area contributed by atoms with Gasteiger partial charge >= 0.3 is 5.97 Å². The van der Waals surface area contributed by atoms with Gasteiger partial charge in [-0.05, 0) is 31.2 Å². The molecule has 2 rings (SSSR count). The highest BCUT2D eigenvalue weighted by Crippen LogP contribution is 2.23. The van der Waals surface area contributed by atoms with Crippen molar-refractivity contribution in [3.8, 4) is 6.07 Å². The summed E-state index contributed by atoms with van der Waals surface area (Å²) in [4.78, 5) is 26.5. The van der Waals surface area contributed by atoms with Crippen LogP contribution in [0.4, 0.5) is 5.69 Å². The van der Waals surface area contributed by atoms with Crippen LogP contribution in [0.3, 0.4) is 0 Å². The first-order valence-electron chi connectivity index (χ1n) is 7.22. The number of nitrogens with zero attached hydrogens (tertiary/aromatic N) is 2. The van der Waals surface area contributed by atoms with E-state index >= 15 is 0 Å². The molecule has 0 fully saturated rings. The molecule has 1 unspecified atom stereocenters. The molecular formula is C17H15ClN2O3S. The van der Waals surface area contributed by atoms with Gasteiger partial charge in [0.05, 0.1) is 16.8 Å². The van der Waals surface area contributed by atoms with Crippen LogP contribution in [0.25, 0.3) is 0 Å². The first-order chi connectivity index (χ1) is 11.5. The van der Waals surface area contributed by atoms with Crippen LogP contribution in [-0.4, -0.2) is 24.5 Å². The monoisotopic (exact) mass is 362 g/mol. The summed E-state index contributed by atoms with van der Waals surface area (Å²) < 4.78 is 5.71. The van der Waals surface area contributed by atoms with Crippen LogP contribution in [0.2, 0.25) is 4.34 Å². The molecule has 0 aliphatic heterocycles.